The fourth-order valence-corrected chi connectivity index (χ4v) is 7.04. The van der Waals surface area contributed by atoms with Crippen molar-refractivity contribution in [3.05, 3.63) is 51.4 Å². The summed E-state index contributed by atoms with van der Waals surface area (Å²) in [6, 6.07) is 8.11. The number of pyridine rings is 1. The molecule has 3 aliphatic heterocycles. The molecule has 2 aromatic heterocycles. The van der Waals surface area contributed by atoms with E-state index in [0.29, 0.717) is 52.7 Å². The molecular weight excluding hydrogens is 542 g/mol. The molecule has 10 nitrogen and oxygen atoms in total. The summed E-state index contributed by atoms with van der Waals surface area (Å²) in [4.78, 5) is 31.0. The smallest absolute Gasteiger partial charge is 0.260 e. The van der Waals surface area contributed by atoms with Crippen molar-refractivity contribution in [2.45, 2.75) is 50.2 Å². The zero-order valence-corrected chi connectivity index (χ0v) is 24.1. The van der Waals surface area contributed by atoms with Gasteiger partial charge >= 0.3 is 0 Å². The largest absolute Gasteiger partial charge is 0.481 e. The van der Waals surface area contributed by atoms with Crippen LogP contribution in [0, 0.1) is 5.92 Å². The highest BCUT2D eigenvalue weighted by molar-refractivity contribution is 6.33. The number of aromatic nitrogens is 3. The Hall–Kier alpha value is -3.05. The molecule has 2 saturated heterocycles. The van der Waals surface area contributed by atoms with E-state index in [9.17, 15) is 4.79 Å². The average Bonchev–Trinajstić information content (AvgIpc) is 3.53. The first kappa shape index (κ1) is 26.8. The highest BCUT2D eigenvalue weighted by Gasteiger charge is 2.58. The number of ether oxygens (including phenoxy) is 2. The van der Waals surface area contributed by atoms with Gasteiger partial charge in [-0.1, -0.05) is 23.7 Å². The van der Waals surface area contributed by atoms with Gasteiger partial charge in [0.2, 0.25) is 5.95 Å². The molecule has 0 bridgehead atoms. The molecule has 1 aliphatic carbocycles. The van der Waals surface area contributed by atoms with E-state index >= 15 is 0 Å². The number of fused-ring (bicyclic) bond motifs is 2. The van der Waals surface area contributed by atoms with E-state index in [1.54, 1.807) is 0 Å². The van der Waals surface area contributed by atoms with Crippen LogP contribution in [0.3, 0.4) is 0 Å². The maximum absolute atomic E-state index is 14.3. The van der Waals surface area contributed by atoms with Crippen LogP contribution in [0.4, 0.5) is 5.95 Å². The molecular formula is C30H36ClN7O3. The van der Waals surface area contributed by atoms with Gasteiger partial charge in [0.15, 0.2) is 5.90 Å². The van der Waals surface area contributed by atoms with E-state index < -0.39 is 0 Å². The quantitative estimate of drug-likeness (QED) is 0.437. The van der Waals surface area contributed by atoms with Crippen LogP contribution in [0.25, 0.3) is 22.2 Å². The summed E-state index contributed by atoms with van der Waals surface area (Å²) in [6.07, 6.45) is 5.41. The van der Waals surface area contributed by atoms with Crippen LogP contribution in [-0.4, -0.2) is 77.4 Å². The third-order valence-electron chi connectivity index (χ3n) is 9.07. The zero-order valence-electron chi connectivity index (χ0n) is 23.3. The number of nitrogens with zero attached hydrogens (tertiary/aromatic N) is 5. The Morgan fingerprint density at radius 2 is 2.05 bits per heavy atom. The summed E-state index contributed by atoms with van der Waals surface area (Å²) >= 11 is 6.93. The van der Waals surface area contributed by atoms with Gasteiger partial charge in [0.1, 0.15) is 5.65 Å². The molecule has 3 N–H and O–H groups in total. The highest BCUT2D eigenvalue weighted by Crippen LogP contribution is 2.58. The van der Waals surface area contributed by atoms with Gasteiger partial charge in [-0.3, -0.25) is 14.3 Å². The number of hydrogen-bond donors (Lipinski definition) is 2. The number of nitrogens with one attached hydrogen (secondary N) is 1. The Balaban J connectivity index is 1.30. The molecule has 3 unspecified atom stereocenters. The molecule has 0 amide bonds. The van der Waals surface area contributed by atoms with E-state index in [0.717, 1.165) is 69.5 Å². The fourth-order valence-electron chi connectivity index (χ4n) is 6.76. The number of aliphatic imine (C=N–C) groups is 1. The summed E-state index contributed by atoms with van der Waals surface area (Å²) in [5, 5.41) is 4.80. The predicted molar refractivity (Wildman–Crippen MR) is 160 cm³/mol. The number of nitrogens with two attached hydrogens (primary N) is 1. The van der Waals surface area contributed by atoms with E-state index in [1.807, 2.05) is 35.9 Å². The topological polar surface area (TPSA) is 120 Å². The normalized spacial score (nSPS) is 26.5. The van der Waals surface area contributed by atoms with Crippen molar-refractivity contribution in [2.24, 2.45) is 16.6 Å². The second kappa shape index (κ2) is 10.7. The molecule has 7 rings (SSSR count). The molecule has 3 fully saturated rings. The SMILES string of the molecule is CC1=NC2(c3ccc(-c4cc5cnc(NC6CCOCC6)nc5n(C5CCN(CCN)C5)c4=O)c(Cl)c3)CC2CO1. The van der Waals surface area contributed by atoms with Crippen molar-refractivity contribution in [1.82, 2.24) is 19.4 Å². The first-order valence-electron chi connectivity index (χ1n) is 14.6. The van der Waals surface area contributed by atoms with Crippen LogP contribution in [0.1, 0.15) is 44.2 Å². The second-order valence-electron chi connectivity index (χ2n) is 11.7. The molecule has 0 radical (unpaired) electrons. The highest BCUT2D eigenvalue weighted by atomic mass is 35.5. The van der Waals surface area contributed by atoms with Gasteiger partial charge in [0.05, 0.1) is 18.2 Å². The lowest BCUT2D eigenvalue weighted by atomic mass is 9.97. The third-order valence-corrected chi connectivity index (χ3v) is 9.38. The molecule has 4 aliphatic rings. The first-order valence-corrected chi connectivity index (χ1v) is 15.0. The van der Waals surface area contributed by atoms with E-state index in [2.05, 4.69) is 21.3 Å². The van der Waals surface area contributed by atoms with Gasteiger partial charge in [0, 0.05) is 86.0 Å². The summed E-state index contributed by atoms with van der Waals surface area (Å²) in [5.74, 6) is 1.61. The lowest BCUT2D eigenvalue weighted by molar-refractivity contribution is 0.0903. The van der Waals surface area contributed by atoms with Gasteiger partial charge in [-0.25, -0.2) is 9.98 Å². The van der Waals surface area contributed by atoms with Crippen LogP contribution in [0.5, 0.6) is 0 Å². The monoisotopic (exact) mass is 577 g/mol. The van der Waals surface area contributed by atoms with Gasteiger partial charge in [-0.2, -0.15) is 4.98 Å². The van der Waals surface area contributed by atoms with Crippen molar-refractivity contribution < 1.29 is 9.47 Å². The molecule has 5 heterocycles. The number of likely N-dealkylation sites (tertiary alicyclic amines) is 1. The van der Waals surface area contributed by atoms with Gasteiger partial charge in [-0.15, -0.1) is 0 Å². The summed E-state index contributed by atoms with van der Waals surface area (Å²) in [7, 11) is 0. The minimum Gasteiger partial charge on any atom is -0.481 e. The minimum atomic E-state index is -0.258. The Morgan fingerprint density at radius 1 is 1.20 bits per heavy atom. The van der Waals surface area contributed by atoms with Gasteiger partial charge in [-0.05, 0) is 43.4 Å². The van der Waals surface area contributed by atoms with Crippen molar-refractivity contribution in [3.8, 4) is 11.1 Å². The van der Waals surface area contributed by atoms with Crippen LogP contribution >= 0.6 is 11.6 Å². The van der Waals surface area contributed by atoms with Crippen molar-refractivity contribution in [3.63, 3.8) is 0 Å². The van der Waals surface area contributed by atoms with Gasteiger partial charge < -0.3 is 20.5 Å². The molecule has 0 spiro atoms. The Kier molecular flexibility index (Phi) is 6.97. The average molecular weight is 578 g/mol. The van der Waals surface area contributed by atoms with Crippen molar-refractivity contribution in [2.75, 3.05) is 51.3 Å². The van der Waals surface area contributed by atoms with E-state index in [4.69, 9.17) is 36.8 Å². The number of halogens is 1. The lowest BCUT2D eigenvalue weighted by Crippen LogP contribution is -2.32. The number of rotatable bonds is 7. The third kappa shape index (κ3) is 4.90. The minimum absolute atomic E-state index is 0.0222. The van der Waals surface area contributed by atoms with Crippen LogP contribution in [0.2, 0.25) is 5.02 Å². The summed E-state index contributed by atoms with van der Waals surface area (Å²) in [5.41, 5.74) is 8.47. The number of hydrogen-bond acceptors (Lipinski definition) is 9. The number of benzene rings is 1. The lowest BCUT2D eigenvalue weighted by Gasteiger charge is -2.24. The predicted octanol–water partition coefficient (Wildman–Crippen LogP) is 3.57. The van der Waals surface area contributed by atoms with Crippen LogP contribution < -0.4 is 16.6 Å². The van der Waals surface area contributed by atoms with E-state index in [1.165, 1.54) is 0 Å². The fraction of sp³-hybridized carbons (Fsp3) is 0.533. The first-order chi connectivity index (χ1) is 19.9. The van der Waals surface area contributed by atoms with Crippen molar-refractivity contribution >= 4 is 34.5 Å². The second-order valence-corrected chi connectivity index (χ2v) is 12.1. The van der Waals surface area contributed by atoms with Crippen molar-refractivity contribution in [1.29, 1.82) is 0 Å². The summed E-state index contributed by atoms with van der Waals surface area (Å²) in [6.45, 7) is 7.05. The molecule has 216 valence electrons. The maximum Gasteiger partial charge on any atom is 0.260 e. The molecule has 1 saturated carbocycles. The summed E-state index contributed by atoms with van der Waals surface area (Å²) < 4.78 is 13.0. The Morgan fingerprint density at radius 3 is 2.85 bits per heavy atom. The van der Waals surface area contributed by atoms with Crippen LogP contribution in [-0.2, 0) is 15.0 Å². The van der Waals surface area contributed by atoms with Gasteiger partial charge in [0.25, 0.3) is 5.56 Å². The molecule has 11 heteroatoms. The molecule has 3 atom stereocenters. The van der Waals surface area contributed by atoms with Crippen LogP contribution in [0.15, 0.2) is 40.2 Å². The molecule has 3 aromatic rings. The molecule has 1 aromatic carbocycles. The van der Waals surface area contributed by atoms with E-state index in [-0.39, 0.29) is 23.2 Å². The maximum atomic E-state index is 14.3. The number of anilines is 1. The zero-order chi connectivity index (χ0) is 28.1. The molecule has 41 heavy (non-hydrogen) atoms. The standard InChI is InChI=1S/C30H36ClN7O3/c1-18-36-30(14-21(30)17-41-18)20-2-3-24(26(31)13-20)25-12-19-15-33-29(34-22-5-10-40-11-6-22)35-27(19)38(28(25)39)23-4-8-37(16-23)9-7-32/h2-3,12-13,15,21-23H,4-11,14,16-17,32H2,1H3,(H,33,34,35). The Labute approximate surface area is 243 Å². The Bertz CT molecular complexity index is 1570.